The molecule has 3 N–H and O–H groups in total. The maximum absolute atomic E-state index is 12.1. The summed E-state index contributed by atoms with van der Waals surface area (Å²) in [6.45, 7) is 1.63. The third-order valence-corrected chi connectivity index (χ3v) is 3.71. The lowest BCUT2D eigenvalue weighted by atomic mass is 10.1. The maximum Gasteiger partial charge on any atom is 0.410 e. The molecule has 1 fully saturated rings. The number of ether oxygens (including phenoxy) is 1. The summed E-state index contributed by atoms with van der Waals surface area (Å²) >= 11 is 0. The largest absolute Gasteiger partial charge is 0.445 e. The molecule has 1 saturated heterocycles. The van der Waals surface area contributed by atoms with Crippen LogP contribution in [0.15, 0.2) is 36.4 Å². The molecule has 0 saturated carbocycles. The number of carbonyl (C=O) groups is 1. The van der Waals surface area contributed by atoms with Crippen LogP contribution in [0.2, 0.25) is 0 Å². The van der Waals surface area contributed by atoms with E-state index in [2.05, 4.69) is 10.2 Å². The van der Waals surface area contributed by atoms with Gasteiger partial charge in [0.05, 0.1) is 0 Å². The molecule has 0 aliphatic carbocycles. The minimum Gasteiger partial charge on any atom is -0.445 e. The van der Waals surface area contributed by atoms with Crippen molar-refractivity contribution >= 4 is 11.9 Å². The molecule has 2 aromatic rings. The fourth-order valence-corrected chi connectivity index (χ4v) is 2.55. The highest BCUT2D eigenvalue weighted by atomic mass is 16.6. The van der Waals surface area contributed by atoms with Crippen LogP contribution in [0, 0.1) is 0 Å². The molecule has 1 amide bonds. The third kappa shape index (κ3) is 3.16. The summed E-state index contributed by atoms with van der Waals surface area (Å²) in [5.41, 5.74) is 7.57. The summed E-state index contributed by atoms with van der Waals surface area (Å²) in [5, 5.41) is 6.84. The zero-order chi connectivity index (χ0) is 14.7. The summed E-state index contributed by atoms with van der Waals surface area (Å²) in [7, 11) is 0. The van der Waals surface area contributed by atoms with E-state index in [4.69, 9.17) is 10.5 Å². The van der Waals surface area contributed by atoms with Gasteiger partial charge in [-0.2, -0.15) is 5.10 Å². The molecule has 6 nitrogen and oxygen atoms in total. The molecular weight excluding hydrogens is 268 g/mol. The molecule has 1 aliphatic heterocycles. The molecule has 3 rings (SSSR count). The lowest BCUT2D eigenvalue weighted by molar-refractivity contribution is 0.104. The number of benzene rings is 1. The van der Waals surface area contributed by atoms with Crippen LogP contribution in [-0.2, 0) is 11.3 Å². The number of nitrogens with one attached hydrogen (secondary N) is 1. The molecule has 0 spiro atoms. The van der Waals surface area contributed by atoms with Crippen molar-refractivity contribution in [2.75, 3.05) is 18.8 Å². The summed E-state index contributed by atoms with van der Waals surface area (Å²) in [4.78, 5) is 13.8. The number of aromatic nitrogens is 2. The van der Waals surface area contributed by atoms with Gasteiger partial charge in [-0.25, -0.2) is 4.79 Å². The minimum absolute atomic E-state index is 0.249. The summed E-state index contributed by atoms with van der Waals surface area (Å²) in [6.07, 6.45) is 0.621. The van der Waals surface area contributed by atoms with Crippen molar-refractivity contribution in [2.45, 2.75) is 18.9 Å². The van der Waals surface area contributed by atoms with Gasteiger partial charge in [0, 0.05) is 30.8 Å². The van der Waals surface area contributed by atoms with Crippen LogP contribution in [0.4, 0.5) is 10.6 Å². The average Bonchev–Trinajstić information content (AvgIpc) is 3.14. The van der Waals surface area contributed by atoms with E-state index in [1.807, 2.05) is 36.4 Å². The fourth-order valence-electron chi connectivity index (χ4n) is 2.55. The van der Waals surface area contributed by atoms with Gasteiger partial charge in [-0.05, 0) is 12.0 Å². The second kappa shape index (κ2) is 5.87. The number of hydrogen-bond acceptors (Lipinski definition) is 4. The van der Waals surface area contributed by atoms with Crippen LogP contribution in [0.3, 0.4) is 0 Å². The van der Waals surface area contributed by atoms with E-state index in [0.717, 1.165) is 17.7 Å². The zero-order valence-electron chi connectivity index (χ0n) is 11.7. The highest BCUT2D eigenvalue weighted by molar-refractivity contribution is 5.68. The van der Waals surface area contributed by atoms with Crippen LogP contribution in [-0.4, -0.2) is 34.3 Å². The van der Waals surface area contributed by atoms with E-state index in [-0.39, 0.29) is 12.0 Å². The molecule has 1 aliphatic rings. The van der Waals surface area contributed by atoms with E-state index in [0.29, 0.717) is 25.5 Å². The second-order valence-corrected chi connectivity index (χ2v) is 5.22. The van der Waals surface area contributed by atoms with Gasteiger partial charge >= 0.3 is 6.09 Å². The van der Waals surface area contributed by atoms with E-state index in [1.165, 1.54) is 0 Å². The van der Waals surface area contributed by atoms with Crippen molar-refractivity contribution in [2.24, 2.45) is 0 Å². The molecule has 1 aromatic carbocycles. The van der Waals surface area contributed by atoms with E-state index < -0.39 is 0 Å². The fraction of sp³-hybridized carbons (Fsp3) is 0.333. The predicted octanol–water partition coefficient (Wildman–Crippen LogP) is 2.12. The number of amides is 1. The first-order valence-corrected chi connectivity index (χ1v) is 6.99. The van der Waals surface area contributed by atoms with Crippen LogP contribution in [0.1, 0.15) is 23.6 Å². The van der Waals surface area contributed by atoms with Gasteiger partial charge in [-0.3, -0.25) is 5.10 Å². The number of nitrogen functional groups attached to an aromatic ring is 1. The maximum atomic E-state index is 12.1. The van der Waals surface area contributed by atoms with Crippen molar-refractivity contribution in [1.29, 1.82) is 0 Å². The first kappa shape index (κ1) is 13.5. The Kier molecular flexibility index (Phi) is 3.77. The number of aromatic amines is 1. The molecule has 1 unspecified atom stereocenters. The topological polar surface area (TPSA) is 84.2 Å². The zero-order valence-corrected chi connectivity index (χ0v) is 11.7. The molecule has 1 atom stereocenters. The SMILES string of the molecule is Nc1cc(C2CCN(C(=O)OCc3ccccc3)C2)[nH]n1. The first-order valence-electron chi connectivity index (χ1n) is 6.99. The first-order chi connectivity index (χ1) is 10.2. The Labute approximate surface area is 122 Å². The van der Waals surface area contributed by atoms with Crippen LogP contribution in [0.5, 0.6) is 0 Å². The van der Waals surface area contributed by atoms with Crippen LogP contribution >= 0.6 is 0 Å². The number of H-pyrrole nitrogens is 1. The highest BCUT2D eigenvalue weighted by Gasteiger charge is 2.29. The van der Waals surface area contributed by atoms with Gasteiger partial charge in [0.1, 0.15) is 12.4 Å². The third-order valence-electron chi connectivity index (χ3n) is 3.71. The Morgan fingerprint density at radius 1 is 1.43 bits per heavy atom. The smallest absolute Gasteiger partial charge is 0.410 e. The number of likely N-dealkylation sites (tertiary alicyclic amines) is 1. The summed E-state index contributed by atoms with van der Waals surface area (Å²) in [6, 6.07) is 11.5. The summed E-state index contributed by atoms with van der Waals surface area (Å²) < 4.78 is 5.34. The average molecular weight is 286 g/mol. The van der Waals surface area contributed by atoms with E-state index >= 15 is 0 Å². The Balaban J connectivity index is 1.52. The van der Waals surface area contributed by atoms with Gasteiger partial charge in [0.2, 0.25) is 0 Å². The van der Waals surface area contributed by atoms with Gasteiger partial charge in [0.25, 0.3) is 0 Å². The van der Waals surface area contributed by atoms with Crippen molar-refractivity contribution in [3.63, 3.8) is 0 Å². The van der Waals surface area contributed by atoms with Crippen molar-refractivity contribution in [3.8, 4) is 0 Å². The normalized spacial score (nSPS) is 17.9. The Morgan fingerprint density at radius 2 is 2.24 bits per heavy atom. The van der Waals surface area contributed by atoms with Gasteiger partial charge in [0.15, 0.2) is 0 Å². The lowest BCUT2D eigenvalue weighted by Crippen LogP contribution is -2.29. The minimum atomic E-state index is -0.270. The van der Waals surface area contributed by atoms with E-state index in [9.17, 15) is 4.79 Å². The van der Waals surface area contributed by atoms with Gasteiger partial charge in [-0.1, -0.05) is 30.3 Å². The number of carbonyl (C=O) groups excluding carboxylic acids is 1. The Morgan fingerprint density at radius 3 is 2.95 bits per heavy atom. The molecule has 0 radical (unpaired) electrons. The summed E-state index contributed by atoms with van der Waals surface area (Å²) in [5.74, 6) is 0.731. The Bertz CT molecular complexity index is 611. The van der Waals surface area contributed by atoms with Gasteiger partial charge < -0.3 is 15.4 Å². The highest BCUT2D eigenvalue weighted by Crippen LogP contribution is 2.27. The lowest BCUT2D eigenvalue weighted by Gasteiger charge is -2.16. The second-order valence-electron chi connectivity index (χ2n) is 5.22. The van der Waals surface area contributed by atoms with Crippen molar-refractivity contribution in [1.82, 2.24) is 15.1 Å². The monoisotopic (exact) mass is 286 g/mol. The molecule has 0 bridgehead atoms. The van der Waals surface area contributed by atoms with Crippen molar-refractivity contribution in [3.05, 3.63) is 47.7 Å². The van der Waals surface area contributed by atoms with Crippen LogP contribution < -0.4 is 5.73 Å². The molecule has 21 heavy (non-hydrogen) atoms. The van der Waals surface area contributed by atoms with E-state index in [1.54, 1.807) is 4.90 Å². The standard InChI is InChI=1S/C15H18N4O2/c16-14-8-13(17-18-14)12-6-7-19(9-12)15(20)21-10-11-4-2-1-3-5-11/h1-5,8,12H,6-7,9-10H2,(H3,16,17,18). The molecule has 110 valence electrons. The van der Waals surface area contributed by atoms with Gasteiger partial charge in [-0.15, -0.1) is 0 Å². The molecule has 6 heteroatoms. The Hall–Kier alpha value is -2.50. The number of rotatable bonds is 3. The quantitative estimate of drug-likeness (QED) is 0.905. The van der Waals surface area contributed by atoms with Crippen LogP contribution in [0.25, 0.3) is 0 Å². The number of nitrogens with zero attached hydrogens (tertiary/aromatic N) is 2. The number of nitrogens with two attached hydrogens (primary N) is 1. The van der Waals surface area contributed by atoms with Crippen molar-refractivity contribution < 1.29 is 9.53 Å². The predicted molar refractivity (Wildman–Crippen MR) is 78.6 cm³/mol. The number of hydrogen-bond donors (Lipinski definition) is 2. The molecule has 2 heterocycles. The molecule has 1 aromatic heterocycles. The number of anilines is 1. The molecular formula is C15H18N4O2.